The van der Waals surface area contributed by atoms with E-state index < -0.39 is 0 Å². The first kappa shape index (κ1) is 16.2. The molecule has 2 amide bonds. The van der Waals surface area contributed by atoms with E-state index >= 15 is 0 Å². The second-order valence-electron chi connectivity index (χ2n) is 7.19. The fraction of sp³-hybridized carbons (Fsp3) is 0.632. The molecule has 126 valence electrons. The SMILES string of the molecule is COc1ccccc1C1(CNC(=O)N2CCC(C)C2)CCCC1. The number of benzene rings is 1. The van der Waals surface area contributed by atoms with Crippen molar-refractivity contribution < 1.29 is 9.53 Å². The largest absolute Gasteiger partial charge is 0.496 e. The van der Waals surface area contributed by atoms with Crippen LogP contribution in [0.3, 0.4) is 0 Å². The Morgan fingerprint density at radius 1 is 1.35 bits per heavy atom. The molecule has 2 aliphatic rings. The minimum absolute atomic E-state index is 0.0214. The molecule has 3 rings (SSSR count). The number of amides is 2. The zero-order valence-electron chi connectivity index (χ0n) is 14.3. The Morgan fingerprint density at radius 2 is 2.09 bits per heavy atom. The minimum Gasteiger partial charge on any atom is -0.496 e. The predicted octanol–water partition coefficient (Wildman–Crippen LogP) is 3.56. The highest BCUT2D eigenvalue weighted by atomic mass is 16.5. The molecule has 1 aliphatic heterocycles. The number of nitrogens with zero attached hydrogens (tertiary/aromatic N) is 1. The van der Waals surface area contributed by atoms with Gasteiger partial charge in [-0.2, -0.15) is 0 Å². The summed E-state index contributed by atoms with van der Waals surface area (Å²) >= 11 is 0. The number of methoxy groups -OCH3 is 1. The lowest BCUT2D eigenvalue weighted by molar-refractivity contribution is 0.203. The van der Waals surface area contributed by atoms with Crippen molar-refractivity contribution in [3.05, 3.63) is 29.8 Å². The van der Waals surface area contributed by atoms with Gasteiger partial charge < -0.3 is 15.0 Å². The van der Waals surface area contributed by atoms with E-state index in [4.69, 9.17) is 4.74 Å². The molecule has 1 aromatic carbocycles. The number of likely N-dealkylation sites (tertiary alicyclic amines) is 1. The van der Waals surface area contributed by atoms with Gasteiger partial charge in [0.2, 0.25) is 0 Å². The van der Waals surface area contributed by atoms with Crippen LogP contribution >= 0.6 is 0 Å². The van der Waals surface area contributed by atoms with Crippen LogP contribution in [0.15, 0.2) is 24.3 Å². The van der Waals surface area contributed by atoms with Gasteiger partial charge in [-0.3, -0.25) is 0 Å². The zero-order valence-corrected chi connectivity index (χ0v) is 14.3. The molecule has 1 saturated heterocycles. The summed E-state index contributed by atoms with van der Waals surface area (Å²) in [6, 6.07) is 8.36. The molecule has 0 spiro atoms. The summed E-state index contributed by atoms with van der Waals surface area (Å²) in [7, 11) is 1.73. The molecule has 1 saturated carbocycles. The number of urea groups is 1. The van der Waals surface area contributed by atoms with Crippen molar-refractivity contribution in [3.63, 3.8) is 0 Å². The first-order chi connectivity index (χ1) is 11.1. The molecule has 0 radical (unpaired) electrons. The van der Waals surface area contributed by atoms with Gasteiger partial charge in [-0.25, -0.2) is 4.79 Å². The summed E-state index contributed by atoms with van der Waals surface area (Å²) in [5, 5.41) is 3.21. The van der Waals surface area contributed by atoms with Crippen LogP contribution in [-0.4, -0.2) is 37.7 Å². The standard InChI is InChI=1S/C19H28N2O2/c1-15-9-12-21(13-15)18(22)20-14-19(10-5-6-11-19)16-7-3-4-8-17(16)23-2/h3-4,7-8,15H,5-6,9-14H2,1-2H3,(H,20,22). The first-order valence-corrected chi connectivity index (χ1v) is 8.81. The van der Waals surface area contributed by atoms with Crippen molar-refractivity contribution in [2.75, 3.05) is 26.7 Å². The van der Waals surface area contributed by atoms with Crippen LogP contribution in [0.5, 0.6) is 5.75 Å². The van der Waals surface area contributed by atoms with Crippen LogP contribution in [0.2, 0.25) is 0 Å². The molecule has 1 heterocycles. The van der Waals surface area contributed by atoms with Gasteiger partial charge in [-0.1, -0.05) is 38.0 Å². The van der Waals surface area contributed by atoms with Gasteiger partial charge in [0.1, 0.15) is 5.75 Å². The summed E-state index contributed by atoms with van der Waals surface area (Å²) in [4.78, 5) is 14.4. The van der Waals surface area contributed by atoms with Gasteiger partial charge in [0, 0.05) is 30.6 Å². The first-order valence-electron chi connectivity index (χ1n) is 8.81. The fourth-order valence-corrected chi connectivity index (χ4v) is 4.15. The molecule has 1 N–H and O–H groups in total. The van der Waals surface area contributed by atoms with Crippen molar-refractivity contribution in [2.24, 2.45) is 5.92 Å². The minimum atomic E-state index is 0.0214. The number of carbonyl (C=O) groups is 1. The van der Waals surface area contributed by atoms with Gasteiger partial charge in [-0.15, -0.1) is 0 Å². The monoisotopic (exact) mass is 316 g/mol. The lowest BCUT2D eigenvalue weighted by atomic mass is 9.78. The molecule has 1 aliphatic carbocycles. The Balaban J connectivity index is 1.73. The number of carbonyl (C=O) groups excluding carboxylic acids is 1. The van der Waals surface area contributed by atoms with Crippen molar-refractivity contribution in [2.45, 2.75) is 44.4 Å². The van der Waals surface area contributed by atoms with E-state index in [-0.39, 0.29) is 11.4 Å². The van der Waals surface area contributed by atoms with Crippen LogP contribution in [0.1, 0.15) is 44.6 Å². The molecule has 4 nitrogen and oxygen atoms in total. The quantitative estimate of drug-likeness (QED) is 0.923. The molecule has 1 atom stereocenters. The third kappa shape index (κ3) is 3.31. The average molecular weight is 316 g/mol. The third-order valence-electron chi connectivity index (χ3n) is 5.53. The number of nitrogens with one attached hydrogen (secondary N) is 1. The predicted molar refractivity (Wildman–Crippen MR) is 91.9 cm³/mol. The maximum Gasteiger partial charge on any atom is 0.317 e. The highest BCUT2D eigenvalue weighted by molar-refractivity contribution is 5.74. The van der Waals surface area contributed by atoms with Gasteiger partial charge in [0.25, 0.3) is 0 Å². The second kappa shape index (κ2) is 6.81. The number of rotatable bonds is 4. The second-order valence-corrected chi connectivity index (χ2v) is 7.19. The van der Waals surface area contributed by atoms with Crippen LogP contribution in [0, 0.1) is 5.92 Å². The number of hydrogen-bond acceptors (Lipinski definition) is 2. The molecule has 2 fully saturated rings. The van der Waals surface area contributed by atoms with Crippen molar-refractivity contribution in [1.29, 1.82) is 0 Å². The summed E-state index contributed by atoms with van der Waals surface area (Å²) in [6.45, 7) is 4.68. The van der Waals surface area contributed by atoms with Crippen LogP contribution < -0.4 is 10.1 Å². The van der Waals surface area contributed by atoms with Crippen molar-refractivity contribution >= 4 is 6.03 Å². The van der Waals surface area contributed by atoms with E-state index in [1.807, 2.05) is 17.0 Å². The van der Waals surface area contributed by atoms with E-state index in [2.05, 4.69) is 24.4 Å². The van der Waals surface area contributed by atoms with E-state index in [9.17, 15) is 4.79 Å². The van der Waals surface area contributed by atoms with Crippen LogP contribution in [-0.2, 0) is 5.41 Å². The number of hydrogen-bond donors (Lipinski definition) is 1. The fourth-order valence-electron chi connectivity index (χ4n) is 4.15. The molecule has 1 unspecified atom stereocenters. The van der Waals surface area contributed by atoms with Crippen molar-refractivity contribution in [3.8, 4) is 5.75 Å². The highest BCUT2D eigenvalue weighted by Gasteiger charge is 2.38. The normalized spacial score (nSPS) is 23.0. The lowest BCUT2D eigenvalue weighted by Gasteiger charge is -2.32. The Kier molecular flexibility index (Phi) is 4.79. The summed E-state index contributed by atoms with van der Waals surface area (Å²) in [6.07, 6.45) is 5.78. The zero-order chi connectivity index (χ0) is 16.3. The number of para-hydroxylation sites is 1. The Bertz CT molecular complexity index is 552. The van der Waals surface area contributed by atoms with Crippen molar-refractivity contribution in [1.82, 2.24) is 10.2 Å². The smallest absolute Gasteiger partial charge is 0.317 e. The maximum atomic E-state index is 12.5. The van der Waals surface area contributed by atoms with E-state index in [1.165, 1.54) is 18.4 Å². The van der Waals surface area contributed by atoms with Gasteiger partial charge >= 0.3 is 6.03 Å². The maximum absolute atomic E-state index is 12.5. The van der Waals surface area contributed by atoms with Gasteiger partial charge in [0.05, 0.1) is 7.11 Å². The molecule has 1 aromatic rings. The Hall–Kier alpha value is -1.71. The summed E-state index contributed by atoms with van der Waals surface area (Å²) < 4.78 is 5.58. The summed E-state index contributed by atoms with van der Waals surface area (Å²) in [5.74, 6) is 1.56. The topological polar surface area (TPSA) is 41.6 Å². The van der Waals surface area contributed by atoms with E-state index in [0.29, 0.717) is 12.5 Å². The highest BCUT2D eigenvalue weighted by Crippen LogP contribution is 2.44. The molecule has 0 bridgehead atoms. The Labute approximate surface area is 139 Å². The van der Waals surface area contributed by atoms with E-state index in [1.54, 1.807) is 7.11 Å². The molecule has 4 heteroatoms. The lowest BCUT2D eigenvalue weighted by Crippen LogP contribution is -2.45. The van der Waals surface area contributed by atoms with Gasteiger partial charge in [0.15, 0.2) is 0 Å². The van der Waals surface area contributed by atoms with E-state index in [0.717, 1.165) is 38.1 Å². The average Bonchev–Trinajstić information content (AvgIpc) is 3.22. The molecular formula is C19H28N2O2. The van der Waals surface area contributed by atoms with Crippen LogP contribution in [0.25, 0.3) is 0 Å². The Morgan fingerprint density at radius 3 is 2.74 bits per heavy atom. The summed E-state index contributed by atoms with van der Waals surface area (Å²) in [5.41, 5.74) is 1.27. The molecule has 0 aromatic heterocycles. The van der Waals surface area contributed by atoms with Crippen LogP contribution in [0.4, 0.5) is 4.79 Å². The third-order valence-corrected chi connectivity index (χ3v) is 5.53. The number of ether oxygens (including phenoxy) is 1. The molecule has 23 heavy (non-hydrogen) atoms. The molecular weight excluding hydrogens is 288 g/mol. The van der Waals surface area contributed by atoms with Gasteiger partial charge in [-0.05, 0) is 31.2 Å².